The van der Waals surface area contributed by atoms with Gasteiger partial charge in [0.25, 0.3) is 0 Å². The summed E-state index contributed by atoms with van der Waals surface area (Å²) in [6, 6.07) is 5.91. The van der Waals surface area contributed by atoms with E-state index in [1.54, 1.807) is 0 Å². The van der Waals surface area contributed by atoms with Crippen LogP contribution in [0.2, 0.25) is 5.02 Å². The molecule has 4 heteroatoms. The van der Waals surface area contributed by atoms with E-state index in [2.05, 4.69) is 12.2 Å². The second-order valence-electron chi connectivity index (χ2n) is 4.28. The number of ether oxygens (including phenoxy) is 1. The van der Waals surface area contributed by atoms with Crippen LogP contribution in [0.4, 0.5) is 0 Å². The first kappa shape index (κ1) is 14.6. The number of nitrogens with one attached hydrogen (secondary N) is 1. The third kappa shape index (κ3) is 4.06. The average Bonchev–Trinajstić information content (AvgIpc) is 2.81. The average molecular weight is 276 g/mol. The molecule has 0 radical (unpaired) electrons. The Morgan fingerprint density at radius 3 is 2.94 bits per heavy atom. The predicted molar refractivity (Wildman–Crippen MR) is 74.5 cm³/mol. The summed E-state index contributed by atoms with van der Waals surface area (Å²) >= 11 is 6.06. The monoisotopic (exact) mass is 275 g/mol. The minimum absolute atomic E-state index is 0. The maximum absolute atomic E-state index is 6.06. The van der Waals surface area contributed by atoms with Crippen LogP contribution >= 0.6 is 24.0 Å². The first-order valence-corrected chi connectivity index (χ1v) is 6.29. The highest BCUT2D eigenvalue weighted by molar-refractivity contribution is 6.31. The van der Waals surface area contributed by atoms with Crippen molar-refractivity contribution >= 4 is 24.0 Å². The van der Waals surface area contributed by atoms with Crippen molar-refractivity contribution in [1.82, 2.24) is 5.32 Å². The van der Waals surface area contributed by atoms with Crippen LogP contribution in [-0.2, 0) is 6.42 Å². The summed E-state index contributed by atoms with van der Waals surface area (Å²) in [6.45, 7) is 5.10. The Morgan fingerprint density at radius 1 is 1.47 bits per heavy atom. The smallest absolute Gasteiger partial charge is 0.119 e. The molecule has 1 atom stereocenters. The lowest BCUT2D eigenvalue weighted by Gasteiger charge is -2.12. The summed E-state index contributed by atoms with van der Waals surface area (Å²) in [6.07, 6.45) is 2.16. The van der Waals surface area contributed by atoms with Crippen molar-refractivity contribution in [1.29, 1.82) is 0 Å². The van der Waals surface area contributed by atoms with E-state index in [4.69, 9.17) is 16.3 Å². The number of aryl methyl sites for hydroxylation is 1. The van der Waals surface area contributed by atoms with Crippen LogP contribution in [0.3, 0.4) is 0 Å². The second kappa shape index (κ2) is 7.10. The van der Waals surface area contributed by atoms with Crippen molar-refractivity contribution in [2.24, 2.45) is 5.92 Å². The van der Waals surface area contributed by atoms with Crippen LogP contribution in [0.5, 0.6) is 5.75 Å². The molecular formula is C13H19Cl2NO. The Labute approximate surface area is 114 Å². The molecule has 0 spiro atoms. The van der Waals surface area contributed by atoms with Gasteiger partial charge in [-0.2, -0.15) is 0 Å². The minimum Gasteiger partial charge on any atom is -0.493 e. The number of halogens is 2. The third-order valence-electron chi connectivity index (χ3n) is 3.05. The summed E-state index contributed by atoms with van der Waals surface area (Å²) in [5.74, 6) is 1.59. The quantitative estimate of drug-likeness (QED) is 0.911. The third-order valence-corrected chi connectivity index (χ3v) is 3.41. The molecule has 1 aliphatic rings. The van der Waals surface area contributed by atoms with Crippen molar-refractivity contribution in [3.05, 3.63) is 28.8 Å². The lowest BCUT2D eigenvalue weighted by atomic mass is 10.1. The van der Waals surface area contributed by atoms with Crippen molar-refractivity contribution in [3.8, 4) is 5.75 Å². The molecular weight excluding hydrogens is 257 g/mol. The van der Waals surface area contributed by atoms with Crippen LogP contribution in [0.15, 0.2) is 18.2 Å². The Hall–Kier alpha value is -0.440. The lowest BCUT2D eigenvalue weighted by molar-refractivity contribution is 0.260. The molecule has 0 bridgehead atoms. The van der Waals surface area contributed by atoms with Crippen molar-refractivity contribution in [2.75, 3.05) is 19.7 Å². The minimum atomic E-state index is 0. The van der Waals surface area contributed by atoms with Gasteiger partial charge in [-0.15, -0.1) is 12.4 Å². The first-order chi connectivity index (χ1) is 7.79. The van der Waals surface area contributed by atoms with E-state index in [9.17, 15) is 0 Å². The second-order valence-corrected chi connectivity index (χ2v) is 4.68. The Balaban J connectivity index is 0.00000144. The van der Waals surface area contributed by atoms with Gasteiger partial charge in [-0.05, 0) is 43.1 Å². The molecule has 1 unspecified atom stereocenters. The van der Waals surface area contributed by atoms with Gasteiger partial charge in [0.1, 0.15) is 5.75 Å². The number of hydrogen-bond donors (Lipinski definition) is 1. The molecule has 1 aromatic carbocycles. The highest BCUT2D eigenvalue weighted by Crippen LogP contribution is 2.23. The van der Waals surface area contributed by atoms with Crippen molar-refractivity contribution in [3.63, 3.8) is 0 Å². The summed E-state index contributed by atoms with van der Waals surface area (Å²) in [5.41, 5.74) is 1.16. The summed E-state index contributed by atoms with van der Waals surface area (Å²) < 4.78 is 5.79. The summed E-state index contributed by atoms with van der Waals surface area (Å²) in [7, 11) is 0. The maximum Gasteiger partial charge on any atom is 0.119 e. The number of benzene rings is 1. The zero-order valence-corrected chi connectivity index (χ0v) is 11.6. The van der Waals surface area contributed by atoms with Gasteiger partial charge in [-0.25, -0.2) is 0 Å². The topological polar surface area (TPSA) is 21.3 Å². The molecule has 1 aromatic rings. The highest BCUT2D eigenvalue weighted by Gasteiger charge is 2.14. The molecule has 1 N–H and O–H groups in total. The fraction of sp³-hybridized carbons (Fsp3) is 0.538. The lowest BCUT2D eigenvalue weighted by Crippen LogP contribution is -2.15. The normalized spacial score (nSPS) is 18.8. The van der Waals surface area contributed by atoms with Gasteiger partial charge in [0.2, 0.25) is 0 Å². The van der Waals surface area contributed by atoms with Gasteiger partial charge in [0.15, 0.2) is 0 Å². The first-order valence-electron chi connectivity index (χ1n) is 5.91. The van der Waals surface area contributed by atoms with E-state index < -0.39 is 0 Å². The molecule has 96 valence electrons. The number of hydrogen-bond acceptors (Lipinski definition) is 2. The molecule has 1 saturated heterocycles. The molecule has 0 aromatic heterocycles. The van der Waals surface area contributed by atoms with Crippen LogP contribution in [-0.4, -0.2) is 19.7 Å². The van der Waals surface area contributed by atoms with Crippen LogP contribution in [0.1, 0.15) is 18.9 Å². The van der Waals surface area contributed by atoms with Gasteiger partial charge in [0, 0.05) is 17.5 Å². The van der Waals surface area contributed by atoms with Gasteiger partial charge in [-0.1, -0.05) is 18.5 Å². The molecule has 0 saturated carbocycles. The maximum atomic E-state index is 6.06. The summed E-state index contributed by atoms with van der Waals surface area (Å²) in [4.78, 5) is 0. The van der Waals surface area contributed by atoms with E-state index in [1.165, 1.54) is 6.42 Å². The van der Waals surface area contributed by atoms with Crippen LogP contribution in [0.25, 0.3) is 0 Å². The van der Waals surface area contributed by atoms with Crippen molar-refractivity contribution in [2.45, 2.75) is 19.8 Å². The Kier molecular flexibility index (Phi) is 6.10. The largest absolute Gasteiger partial charge is 0.493 e. The van der Waals surface area contributed by atoms with E-state index in [0.29, 0.717) is 5.92 Å². The van der Waals surface area contributed by atoms with Gasteiger partial charge >= 0.3 is 0 Å². The fourth-order valence-corrected chi connectivity index (χ4v) is 2.23. The van der Waals surface area contributed by atoms with E-state index in [-0.39, 0.29) is 12.4 Å². The van der Waals surface area contributed by atoms with E-state index in [0.717, 1.165) is 42.5 Å². The van der Waals surface area contributed by atoms with Crippen LogP contribution in [0, 0.1) is 5.92 Å². The zero-order valence-electron chi connectivity index (χ0n) is 10.0. The summed E-state index contributed by atoms with van der Waals surface area (Å²) in [5, 5.41) is 4.17. The molecule has 17 heavy (non-hydrogen) atoms. The van der Waals surface area contributed by atoms with E-state index in [1.807, 2.05) is 18.2 Å². The molecule has 2 rings (SSSR count). The Bertz CT molecular complexity index is 351. The zero-order chi connectivity index (χ0) is 11.4. The predicted octanol–water partition coefficient (Wildman–Crippen LogP) is 3.31. The highest BCUT2D eigenvalue weighted by atomic mass is 35.5. The number of rotatable bonds is 4. The fourth-order valence-electron chi connectivity index (χ4n) is 1.98. The molecule has 1 heterocycles. The molecule has 0 aliphatic carbocycles. The molecule has 1 aliphatic heterocycles. The molecule has 2 nitrogen and oxygen atoms in total. The SMILES string of the molecule is CCc1cc(OCC2CCNC2)ccc1Cl.Cl. The van der Waals surface area contributed by atoms with Gasteiger partial charge in [-0.3, -0.25) is 0 Å². The molecule has 1 fully saturated rings. The van der Waals surface area contributed by atoms with Gasteiger partial charge in [0.05, 0.1) is 6.61 Å². The van der Waals surface area contributed by atoms with E-state index >= 15 is 0 Å². The molecule has 0 amide bonds. The Morgan fingerprint density at radius 2 is 2.29 bits per heavy atom. The standard InChI is InChI=1S/C13H18ClNO.ClH/c1-2-11-7-12(3-4-13(11)14)16-9-10-5-6-15-8-10;/h3-4,7,10,15H,2,5-6,8-9H2,1H3;1H. The van der Waals surface area contributed by atoms with Gasteiger partial charge < -0.3 is 10.1 Å². The van der Waals surface area contributed by atoms with Crippen LogP contribution < -0.4 is 10.1 Å². The van der Waals surface area contributed by atoms with Crippen molar-refractivity contribution < 1.29 is 4.74 Å².